The van der Waals surface area contributed by atoms with Gasteiger partial charge in [0.1, 0.15) is 17.2 Å². The molecule has 1 unspecified atom stereocenters. The molecule has 224 valence electrons. The number of primary amides is 1. The number of anilines is 1. The quantitative estimate of drug-likeness (QED) is 0.210. The summed E-state index contributed by atoms with van der Waals surface area (Å²) in [4.78, 5) is 73.4. The molecule has 2 saturated carbocycles. The van der Waals surface area contributed by atoms with Gasteiger partial charge in [-0.1, -0.05) is 0 Å². The average molecular weight is 584 g/mol. The van der Waals surface area contributed by atoms with Gasteiger partial charge in [0.05, 0.1) is 18.2 Å². The zero-order valence-corrected chi connectivity index (χ0v) is 23.6. The maximum atomic E-state index is 14.0. The summed E-state index contributed by atoms with van der Waals surface area (Å²) in [6.07, 6.45) is 1.64. The molecule has 42 heavy (non-hydrogen) atoms. The van der Waals surface area contributed by atoms with Gasteiger partial charge in [0.25, 0.3) is 5.91 Å². The SMILES string of the molecule is CN(C)c1cc(CNC(=O)C2=CCON2)c(O)c2c1C[C@H]1C[C@H]3[C@H](N(C)C)C(=O)C(C(N)=O)C(=O)[C@@]3(O)C(=O)C1=C2O. The molecule has 14 heteroatoms. The van der Waals surface area contributed by atoms with Crippen LogP contribution < -0.4 is 21.4 Å². The Bertz CT molecular complexity index is 1500. The van der Waals surface area contributed by atoms with Crippen molar-refractivity contribution in [3.63, 3.8) is 0 Å². The minimum atomic E-state index is -2.80. The maximum Gasteiger partial charge on any atom is 0.269 e. The summed E-state index contributed by atoms with van der Waals surface area (Å²) < 4.78 is 0. The van der Waals surface area contributed by atoms with Gasteiger partial charge in [0.15, 0.2) is 23.1 Å². The number of nitrogens with one attached hydrogen (secondary N) is 2. The first-order chi connectivity index (χ1) is 19.7. The van der Waals surface area contributed by atoms with E-state index in [1.807, 2.05) is 0 Å². The van der Waals surface area contributed by atoms with Crippen LogP contribution in [0.5, 0.6) is 5.75 Å². The fourth-order valence-electron chi connectivity index (χ4n) is 6.72. The van der Waals surface area contributed by atoms with Crippen LogP contribution in [0.3, 0.4) is 0 Å². The fourth-order valence-corrected chi connectivity index (χ4v) is 6.72. The van der Waals surface area contributed by atoms with Crippen LogP contribution in [0, 0.1) is 17.8 Å². The van der Waals surface area contributed by atoms with E-state index >= 15 is 0 Å². The van der Waals surface area contributed by atoms with Gasteiger partial charge in [0.2, 0.25) is 11.7 Å². The highest BCUT2D eigenvalue weighted by atomic mass is 16.6. The first-order valence-electron chi connectivity index (χ1n) is 13.4. The highest BCUT2D eigenvalue weighted by Gasteiger charge is 2.67. The summed E-state index contributed by atoms with van der Waals surface area (Å²) in [5.74, 6) is -9.96. The topological polar surface area (TPSA) is 212 Å². The van der Waals surface area contributed by atoms with E-state index in [1.54, 1.807) is 31.1 Å². The molecule has 14 nitrogen and oxygen atoms in total. The maximum absolute atomic E-state index is 14.0. The van der Waals surface area contributed by atoms with E-state index in [2.05, 4.69) is 10.8 Å². The Hall–Kier alpha value is -4.27. The molecule has 0 spiro atoms. The number of hydrogen-bond acceptors (Lipinski definition) is 12. The molecule has 1 aromatic carbocycles. The van der Waals surface area contributed by atoms with E-state index in [9.17, 15) is 39.3 Å². The Morgan fingerprint density at radius 3 is 2.45 bits per heavy atom. The van der Waals surface area contributed by atoms with Gasteiger partial charge in [0, 0.05) is 43.4 Å². The van der Waals surface area contributed by atoms with Crippen LogP contribution in [0.15, 0.2) is 23.4 Å². The summed E-state index contributed by atoms with van der Waals surface area (Å²) >= 11 is 0. The number of Topliss-reactive ketones (excluding diaryl/α,β-unsaturated/α-hetero) is 3. The number of ketones is 3. The fraction of sp³-hybridized carbons (Fsp3) is 0.464. The van der Waals surface area contributed by atoms with Crippen molar-refractivity contribution < 1.29 is 44.1 Å². The molecule has 0 radical (unpaired) electrons. The molecule has 1 aromatic rings. The Labute approximate surface area is 240 Å². The lowest BCUT2D eigenvalue weighted by molar-refractivity contribution is -0.175. The highest BCUT2D eigenvalue weighted by Crippen LogP contribution is 2.53. The molecule has 5 atom stereocenters. The first-order valence-corrected chi connectivity index (χ1v) is 13.4. The second-order valence-electron chi connectivity index (χ2n) is 11.5. The number of hydroxylamine groups is 1. The summed E-state index contributed by atoms with van der Waals surface area (Å²) in [6, 6.07) is 0.496. The van der Waals surface area contributed by atoms with Crippen molar-refractivity contribution in [3.05, 3.63) is 40.1 Å². The van der Waals surface area contributed by atoms with E-state index < -0.39 is 70.1 Å². The lowest BCUT2D eigenvalue weighted by Gasteiger charge is -2.51. The number of likely N-dealkylation sites (N-methyl/N-ethyl adjacent to an activating group) is 1. The normalized spacial score (nSPS) is 28.5. The third-order valence-electron chi connectivity index (χ3n) is 8.63. The largest absolute Gasteiger partial charge is 0.507 e. The molecule has 2 fully saturated rings. The van der Waals surface area contributed by atoms with E-state index in [0.29, 0.717) is 11.3 Å². The Morgan fingerprint density at radius 2 is 1.88 bits per heavy atom. The average Bonchev–Trinajstić information content (AvgIpc) is 3.45. The van der Waals surface area contributed by atoms with Crippen molar-refractivity contribution in [2.24, 2.45) is 23.5 Å². The number of carbonyl (C=O) groups is 5. The molecule has 0 saturated heterocycles. The number of aromatic hydroxyl groups is 1. The van der Waals surface area contributed by atoms with E-state index in [0.717, 1.165) is 0 Å². The van der Waals surface area contributed by atoms with Gasteiger partial charge in [-0.25, -0.2) is 0 Å². The number of carbonyl (C=O) groups excluding carboxylic acids is 5. The number of amides is 2. The van der Waals surface area contributed by atoms with E-state index in [4.69, 9.17) is 10.6 Å². The molecule has 7 N–H and O–H groups in total. The minimum absolute atomic E-state index is 0.0392. The molecule has 3 aliphatic carbocycles. The number of benzene rings is 1. The van der Waals surface area contributed by atoms with E-state index in [1.165, 1.54) is 19.0 Å². The van der Waals surface area contributed by atoms with Crippen LogP contribution in [-0.2, 0) is 41.8 Å². The molecule has 1 heterocycles. The molecular formula is C28H33N5O9. The Morgan fingerprint density at radius 1 is 1.19 bits per heavy atom. The summed E-state index contributed by atoms with van der Waals surface area (Å²) in [6.45, 7) is 0.0722. The smallest absolute Gasteiger partial charge is 0.269 e. The number of nitrogens with two attached hydrogens (primary N) is 1. The molecule has 5 rings (SSSR count). The Balaban J connectivity index is 1.62. The zero-order valence-electron chi connectivity index (χ0n) is 23.6. The number of phenols is 1. The van der Waals surface area contributed by atoms with Crippen molar-refractivity contribution in [3.8, 4) is 5.75 Å². The molecule has 0 aromatic heterocycles. The summed E-state index contributed by atoms with van der Waals surface area (Å²) in [5.41, 5.74) is 6.24. The van der Waals surface area contributed by atoms with Gasteiger partial charge in [-0.15, -0.1) is 0 Å². The molecule has 4 aliphatic rings. The summed E-state index contributed by atoms with van der Waals surface area (Å²) in [5, 5.41) is 37.2. The third kappa shape index (κ3) is 4.16. The van der Waals surface area contributed by atoms with Crippen LogP contribution in [0.4, 0.5) is 5.69 Å². The standard InChI is InChI=1S/C28H33N5O9/c1-32(2)16-9-12(10-30-27(40)15-5-6-42-31-15)21(34)18-13(16)7-11-8-14-20(33(3)4)23(36)19(26(29)39)25(38)28(14,41)24(37)17(11)22(18)35/h5,9,11,14,19-20,31,34-35,41H,6-8,10H2,1-4H3,(H2,29,39)(H,30,40)/t11-,14-,19?,20-,28-/m0/s1. The highest BCUT2D eigenvalue weighted by molar-refractivity contribution is 6.32. The van der Waals surface area contributed by atoms with E-state index in [-0.39, 0.29) is 48.4 Å². The van der Waals surface area contributed by atoms with Crippen LogP contribution in [0.2, 0.25) is 0 Å². The van der Waals surface area contributed by atoms with Gasteiger partial charge >= 0.3 is 0 Å². The van der Waals surface area contributed by atoms with Crippen molar-refractivity contribution in [1.29, 1.82) is 0 Å². The molecule has 0 bridgehead atoms. The monoisotopic (exact) mass is 583 g/mol. The second-order valence-corrected chi connectivity index (χ2v) is 11.5. The van der Waals surface area contributed by atoms with Gasteiger partial charge < -0.3 is 31.3 Å². The zero-order chi connectivity index (χ0) is 30.8. The van der Waals surface area contributed by atoms with Crippen molar-refractivity contribution in [2.45, 2.75) is 31.0 Å². The van der Waals surface area contributed by atoms with Crippen LogP contribution >= 0.6 is 0 Å². The van der Waals surface area contributed by atoms with Crippen LogP contribution in [0.1, 0.15) is 23.1 Å². The van der Waals surface area contributed by atoms with Gasteiger partial charge in [-0.2, -0.15) is 0 Å². The first kappa shape index (κ1) is 29.2. The van der Waals surface area contributed by atoms with Gasteiger partial charge in [-0.05, 0) is 50.6 Å². The number of hydrogen-bond donors (Lipinski definition) is 6. The van der Waals surface area contributed by atoms with Crippen LogP contribution in [-0.4, -0.2) is 95.8 Å². The second kappa shape index (κ2) is 10.2. The number of nitrogens with zero attached hydrogens (tertiary/aromatic N) is 2. The van der Waals surface area contributed by atoms with Gasteiger partial charge in [-0.3, -0.25) is 39.2 Å². The number of aliphatic hydroxyl groups excluding tert-OH is 1. The Kier molecular flexibility index (Phi) is 7.11. The predicted octanol–water partition coefficient (Wildman–Crippen LogP) is -1.56. The summed E-state index contributed by atoms with van der Waals surface area (Å²) in [7, 11) is 6.58. The minimum Gasteiger partial charge on any atom is -0.507 e. The number of rotatable bonds is 6. The van der Waals surface area contributed by atoms with Crippen molar-refractivity contribution in [1.82, 2.24) is 15.7 Å². The lowest BCUT2D eigenvalue weighted by Crippen LogP contribution is -2.72. The predicted molar refractivity (Wildman–Crippen MR) is 146 cm³/mol. The van der Waals surface area contributed by atoms with Crippen molar-refractivity contribution >= 4 is 40.6 Å². The molecule has 2 amide bonds. The van der Waals surface area contributed by atoms with Crippen LogP contribution in [0.25, 0.3) is 5.76 Å². The number of phenolic OH excluding ortho intramolecular Hbond substituents is 1. The number of aliphatic hydroxyl groups is 2. The third-order valence-corrected chi connectivity index (χ3v) is 8.63. The molecular weight excluding hydrogens is 550 g/mol. The van der Waals surface area contributed by atoms with Crippen molar-refractivity contribution in [2.75, 3.05) is 39.7 Å². The number of fused-ring (bicyclic) bond motifs is 3. The molecule has 1 aliphatic heterocycles. The lowest BCUT2D eigenvalue weighted by atomic mass is 9.54.